The smallest absolute Gasteiger partial charge is 0.220 e. The summed E-state index contributed by atoms with van der Waals surface area (Å²) in [6, 6.07) is 0.327. The topological polar surface area (TPSA) is 29.1 Å². The molecule has 2 bridgehead atoms. The van der Waals surface area contributed by atoms with E-state index >= 15 is 0 Å². The Morgan fingerprint density at radius 3 is 2.35 bits per heavy atom. The molecule has 20 heavy (non-hydrogen) atoms. The third-order valence-corrected chi connectivity index (χ3v) is 5.24. The average molecular weight is 279 g/mol. The summed E-state index contributed by atoms with van der Waals surface area (Å²) in [5.41, 5.74) is 0. The van der Waals surface area contributed by atoms with E-state index in [9.17, 15) is 4.79 Å². The van der Waals surface area contributed by atoms with Crippen molar-refractivity contribution in [1.29, 1.82) is 0 Å². The number of hydrogen-bond acceptors (Lipinski definition) is 1. The third kappa shape index (κ3) is 5.10. The fourth-order valence-corrected chi connectivity index (χ4v) is 4.55. The molecule has 116 valence electrons. The summed E-state index contributed by atoms with van der Waals surface area (Å²) in [6.07, 6.45) is 11.6. The summed E-state index contributed by atoms with van der Waals surface area (Å²) in [5.74, 6) is 3.72. The lowest BCUT2D eigenvalue weighted by Crippen LogP contribution is -2.34. The second-order valence-corrected chi connectivity index (χ2v) is 7.87. The van der Waals surface area contributed by atoms with E-state index in [0.717, 1.165) is 37.0 Å². The van der Waals surface area contributed by atoms with E-state index < -0.39 is 0 Å². The van der Waals surface area contributed by atoms with Crippen LogP contribution in [0.25, 0.3) is 0 Å². The maximum Gasteiger partial charge on any atom is 0.220 e. The third-order valence-electron chi connectivity index (χ3n) is 5.24. The van der Waals surface area contributed by atoms with Crippen LogP contribution in [0.4, 0.5) is 0 Å². The Morgan fingerprint density at radius 1 is 1.10 bits per heavy atom. The first-order valence-corrected chi connectivity index (χ1v) is 8.82. The summed E-state index contributed by atoms with van der Waals surface area (Å²) in [5, 5.41) is 3.16. The molecule has 0 heterocycles. The van der Waals surface area contributed by atoms with E-state index in [1.165, 1.54) is 38.5 Å². The number of carbonyl (C=O) groups is 1. The van der Waals surface area contributed by atoms with Crippen molar-refractivity contribution >= 4 is 5.91 Å². The van der Waals surface area contributed by atoms with E-state index in [1.54, 1.807) is 0 Å². The van der Waals surface area contributed by atoms with Gasteiger partial charge in [0.15, 0.2) is 0 Å². The fraction of sp³-hybridized carbons (Fsp3) is 0.944. The first kappa shape index (κ1) is 15.9. The highest BCUT2D eigenvalue weighted by Gasteiger charge is 2.31. The largest absolute Gasteiger partial charge is 0.354 e. The second-order valence-electron chi connectivity index (χ2n) is 7.87. The molecule has 2 nitrogen and oxygen atoms in total. The highest BCUT2D eigenvalue weighted by atomic mass is 16.1. The van der Waals surface area contributed by atoms with Crippen LogP contribution in [-0.2, 0) is 4.79 Å². The Hall–Kier alpha value is -0.530. The Balaban J connectivity index is 1.65. The lowest BCUT2D eigenvalue weighted by Gasteiger charge is -2.39. The van der Waals surface area contributed by atoms with E-state index in [2.05, 4.69) is 26.1 Å². The SMILES string of the molecule is CC(C)CC(C)NC(=O)CCC1CC2CCCC(C2)C1. The van der Waals surface area contributed by atoms with Crippen LogP contribution in [0.5, 0.6) is 0 Å². The maximum atomic E-state index is 12.0. The van der Waals surface area contributed by atoms with Gasteiger partial charge in [-0.25, -0.2) is 0 Å². The van der Waals surface area contributed by atoms with Gasteiger partial charge in [-0.2, -0.15) is 0 Å². The first-order chi connectivity index (χ1) is 9.52. The van der Waals surface area contributed by atoms with Crippen molar-refractivity contribution in [1.82, 2.24) is 5.32 Å². The van der Waals surface area contributed by atoms with Crippen LogP contribution >= 0.6 is 0 Å². The molecule has 1 N–H and O–H groups in total. The Morgan fingerprint density at radius 2 is 1.75 bits per heavy atom. The van der Waals surface area contributed by atoms with Gasteiger partial charge >= 0.3 is 0 Å². The molecular weight excluding hydrogens is 246 g/mol. The zero-order chi connectivity index (χ0) is 14.5. The minimum absolute atomic E-state index is 0.272. The quantitative estimate of drug-likeness (QED) is 0.760. The standard InChI is InChI=1S/C18H33NO/c1-13(2)9-14(3)19-18(20)8-7-17-11-15-5-4-6-16(10-15)12-17/h13-17H,4-12H2,1-3H3,(H,19,20). The van der Waals surface area contributed by atoms with Crippen LogP contribution in [0.1, 0.15) is 78.6 Å². The highest BCUT2D eigenvalue weighted by molar-refractivity contribution is 5.76. The Kier molecular flexibility index (Phi) is 5.92. The number of carbonyl (C=O) groups excluding carboxylic acids is 1. The van der Waals surface area contributed by atoms with Gasteiger partial charge in [0.1, 0.15) is 0 Å². The highest BCUT2D eigenvalue weighted by Crippen LogP contribution is 2.43. The van der Waals surface area contributed by atoms with Crippen molar-refractivity contribution in [3.8, 4) is 0 Å². The molecule has 3 unspecified atom stereocenters. The minimum atomic E-state index is 0.272. The van der Waals surface area contributed by atoms with Crippen LogP contribution < -0.4 is 5.32 Å². The fourth-order valence-electron chi connectivity index (χ4n) is 4.55. The van der Waals surface area contributed by atoms with Crippen molar-refractivity contribution < 1.29 is 4.79 Å². The van der Waals surface area contributed by atoms with Gasteiger partial charge in [-0.3, -0.25) is 4.79 Å². The Labute approximate surface area is 125 Å². The first-order valence-electron chi connectivity index (χ1n) is 8.82. The number of hydrogen-bond donors (Lipinski definition) is 1. The lowest BCUT2D eigenvalue weighted by atomic mass is 9.67. The van der Waals surface area contributed by atoms with E-state index in [-0.39, 0.29) is 5.91 Å². The number of nitrogens with one attached hydrogen (secondary N) is 1. The molecule has 0 saturated heterocycles. The van der Waals surface area contributed by atoms with Crippen LogP contribution in [0.2, 0.25) is 0 Å². The van der Waals surface area contributed by atoms with Crippen molar-refractivity contribution in [3.05, 3.63) is 0 Å². The van der Waals surface area contributed by atoms with Crippen LogP contribution in [-0.4, -0.2) is 11.9 Å². The monoisotopic (exact) mass is 279 g/mol. The summed E-state index contributed by atoms with van der Waals surface area (Å²) in [6.45, 7) is 6.55. The zero-order valence-corrected chi connectivity index (χ0v) is 13.7. The van der Waals surface area contributed by atoms with Crippen molar-refractivity contribution in [2.24, 2.45) is 23.7 Å². The second kappa shape index (κ2) is 7.47. The van der Waals surface area contributed by atoms with E-state index in [4.69, 9.17) is 0 Å². The minimum Gasteiger partial charge on any atom is -0.354 e. The molecule has 2 saturated carbocycles. The molecular formula is C18H33NO. The van der Waals surface area contributed by atoms with E-state index in [0.29, 0.717) is 12.0 Å². The lowest BCUT2D eigenvalue weighted by molar-refractivity contribution is -0.122. The number of rotatable bonds is 6. The molecule has 2 rings (SSSR count). The number of fused-ring (bicyclic) bond motifs is 2. The molecule has 2 aliphatic carbocycles. The molecule has 0 spiro atoms. The molecule has 2 fully saturated rings. The molecule has 0 aliphatic heterocycles. The molecule has 0 aromatic rings. The zero-order valence-electron chi connectivity index (χ0n) is 13.7. The van der Waals surface area contributed by atoms with E-state index in [1.807, 2.05) is 0 Å². The molecule has 3 atom stereocenters. The predicted molar refractivity (Wildman–Crippen MR) is 84.5 cm³/mol. The molecule has 0 aromatic heterocycles. The van der Waals surface area contributed by atoms with Crippen molar-refractivity contribution in [2.45, 2.75) is 84.6 Å². The normalized spacial score (nSPS) is 31.1. The summed E-state index contributed by atoms with van der Waals surface area (Å²) >= 11 is 0. The van der Waals surface area contributed by atoms with Crippen LogP contribution in [0, 0.1) is 23.7 Å². The van der Waals surface area contributed by atoms with Crippen molar-refractivity contribution in [2.75, 3.05) is 0 Å². The van der Waals surface area contributed by atoms with Gasteiger partial charge in [0, 0.05) is 12.5 Å². The summed E-state index contributed by atoms with van der Waals surface area (Å²) in [7, 11) is 0. The molecule has 0 radical (unpaired) electrons. The molecule has 2 aliphatic rings. The van der Waals surface area contributed by atoms with Gasteiger partial charge in [0.2, 0.25) is 5.91 Å². The summed E-state index contributed by atoms with van der Waals surface area (Å²) in [4.78, 5) is 12.0. The van der Waals surface area contributed by atoms with Gasteiger partial charge in [0.05, 0.1) is 0 Å². The maximum absolute atomic E-state index is 12.0. The predicted octanol–water partition coefficient (Wildman–Crippen LogP) is 4.53. The Bertz CT molecular complexity index is 301. The average Bonchev–Trinajstić information content (AvgIpc) is 2.35. The van der Waals surface area contributed by atoms with Crippen LogP contribution in [0.3, 0.4) is 0 Å². The molecule has 2 heteroatoms. The van der Waals surface area contributed by atoms with Gasteiger partial charge in [-0.05, 0) is 62.7 Å². The van der Waals surface area contributed by atoms with Crippen molar-refractivity contribution in [3.63, 3.8) is 0 Å². The van der Waals surface area contributed by atoms with Crippen LogP contribution in [0.15, 0.2) is 0 Å². The van der Waals surface area contributed by atoms with Gasteiger partial charge in [0.25, 0.3) is 0 Å². The van der Waals surface area contributed by atoms with Gasteiger partial charge < -0.3 is 5.32 Å². The summed E-state index contributed by atoms with van der Waals surface area (Å²) < 4.78 is 0. The molecule has 0 aromatic carbocycles. The van der Waals surface area contributed by atoms with Gasteiger partial charge in [-0.15, -0.1) is 0 Å². The molecule has 1 amide bonds. The number of amides is 1. The van der Waals surface area contributed by atoms with Gasteiger partial charge in [-0.1, -0.05) is 33.1 Å².